The summed E-state index contributed by atoms with van der Waals surface area (Å²) in [5.74, 6) is -0.482. The standard InChI is InChI=1S/C10H14FNO2S/c1-9(10-5-3-2-4-6-10)12-7-8-15(11,13)14/h2-6,9,12H,7-8H2,1H3. The second-order valence-electron chi connectivity index (χ2n) is 3.33. The molecule has 0 fully saturated rings. The van der Waals surface area contributed by atoms with Gasteiger partial charge in [0.2, 0.25) is 0 Å². The van der Waals surface area contributed by atoms with E-state index in [9.17, 15) is 12.3 Å². The lowest BCUT2D eigenvalue weighted by molar-refractivity contribution is 0.539. The number of hydrogen-bond acceptors (Lipinski definition) is 3. The van der Waals surface area contributed by atoms with E-state index in [0.29, 0.717) is 0 Å². The summed E-state index contributed by atoms with van der Waals surface area (Å²) in [5.41, 5.74) is 1.05. The minimum atomic E-state index is -4.36. The third-order valence-electron chi connectivity index (χ3n) is 2.10. The quantitative estimate of drug-likeness (QED) is 0.783. The molecule has 0 saturated heterocycles. The Hall–Kier alpha value is -0.940. The van der Waals surface area contributed by atoms with Gasteiger partial charge in [-0.25, -0.2) is 0 Å². The smallest absolute Gasteiger partial charge is 0.303 e. The van der Waals surface area contributed by atoms with Crippen LogP contribution in [-0.2, 0) is 10.2 Å². The summed E-state index contributed by atoms with van der Waals surface area (Å²) in [6.07, 6.45) is 0. The number of benzene rings is 1. The van der Waals surface area contributed by atoms with E-state index in [1.54, 1.807) is 0 Å². The average Bonchev–Trinajstić information content (AvgIpc) is 2.17. The van der Waals surface area contributed by atoms with Crippen molar-refractivity contribution in [1.29, 1.82) is 0 Å². The fraction of sp³-hybridized carbons (Fsp3) is 0.400. The Bertz CT molecular complexity index is 391. The van der Waals surface area contributed by atoms with Crippen LogP contribution in [0.5, 0.6) is 0 Å². The van der Waals surface area contributed by atoms with Crippen molar-refractivity contribution in [3.8, 4) is 0 Å². The monoisotopic (exact) mass is 231 g/mol. The highest BCUT2D eigenvalue weighted by atomic mass is 32.3. The van der Waals surface area contributed by atoms with Crippen LogP contribution in [0.25, 0.3) is 0 Å². The normalized spacial score (nSPS) is 13.7. The van der Waals surface area contributed by atoms with E-state index < -0.39 is 16.0 Å². The van der Waals surface area contributed by atoms with Gasteiger partial charge >= 0.3 is 10.2 Å². The molecule has 0 radical (unpaired) electrons. The number of nitrogens with one attached hydrogen (secondary N) is 1. The van der Waals surface area contributed by atoms with Gasteiger partial charge in [-0.15, -0.1) is 3.89 Å². The van der Waals surface area contributed by atoms with Crippen molar-refractivity contribution in [3.63, 3.8) is 0 Å². The van der Waals surface area contributed by atoms with Gasteiger partial charge in [0.05, 0.1) is 5.75 Å². The number of hydrogen-bond donors (Lipinski definition) is 1. The molecule has 0 saturated carbocycles. The second kappa shape index (κ2) is 5.23. The van der Waals surface area contributed by atoms with E-state index in [0.717, 1.165) is 5.56 Å². The van der Waals surface area contributed by atoms with Crippen molar-refractivity contribution in [2.24, 2.45) is 0 Å². The molecule has 1 N–H and O–H groups in total. The topological polar surface area (TPSA) is 46.2 Å². The van der Waals surface area contributed by atoms with Crippen LogP contribution in [0.1, 0.15) is 18.5 Å². The molecule has 84 valence electrons. The number of halogens is 1. The van der Waals surface area contributed by atoms with Gasteiger partial charge in [0.1, 0.15) is 0 Å². The lowest BCUT2D eigenvalue weighted by Crippen LogP contribution is -2.24. The molecule has 0 spiro atoms. The SMILES string of the molecule is CC(NCCS(=O)(=O)F)c1ccccc1. The third-order valence-corrected chi connectivity index (χ3v) is 2.79. The van der Waals surface area contributed by atoms with E-state index in [2.05, 4.69) is 5.32 Å². The Morgan fingerprint density at radius 1 is 1.33 bits per heavy atom. The maximum atomic E-state index is 12.2. The highest BCUT2D eigenvalue weighted by Gasteiger charge is 2.08. The molecule has 1 aromatic rings. The fourth-order valence-electron chi connectivity index (χ4n) is 1.26. The molecule has 1 rings (SSSR count). The minimum absolute atomic E-state index is 0.0212. The minimum Gasteiger partial charge on any atom is -0.309 e. The molecule has 0 aliphatic rings. The Morgan fingerprint density at radius 2 is 1.93 bits per heavy atom. The molecular weight excluding hydrogens is 217 g/mol. The first-order valence-electron chi connectivity index (χ1n) is 4.70. The third kappa shape index (κ3) is 4.90. The van der Waals surface area contributed by atoms with Gasteiger partial charge in [-0.2, -0.15) is 8.42 Å². The van der Waals surface area contributed by atoms with Crippen LogP contribution in [0.2, 0.25) is 0 Å². The van der Waals surface area contributed by atoms with Crippen molar-refractivity contribution in [2.75, 3.05) is 12.3 Å². The Kier molecular flexibility index (Phi) is 4.23. The second-order valence-corrected chi connectivity index (χ2v) is 4.82. The molecule has 1 unspecified atom stereocenters. The van der Waals surface area contributed by atoms with Crippen LogP contribution in [0.4, 0.5) is 3.89 Å². The molecule has 0 aliphatic heterocycles. The van der Waals surface area contributed by atoms with Crippen molar-refractivity contribution < 1.29 is 12.3 Å². The Morgan fingerprint density at radius 3 is 2.47 bits per heavy atom. The molecular formula is C10H14FNO2S. The first-order chi connectivity index (χ1) is 6.99. The van der Waals surface area contributed by atoms with E-state index in [-0.39, 0.29) is 12.6 Å². The zero-order valence-corrected chi connectivity index (χ0v) is 9.30. The highest BCUT2D eigenvalue weighted by molar-refractivity contribution is 7.86. The molecule has 1 atom stereocenters. The Labute approximate surface area is 89.5 Å². The van der Waals surface area contributed by atoms with Gasteiger partial charge in [-0.05, 0) is 12.5 Å². The van der Waals surface area contributed by atoms with Gasteiger partial charge in [-0.1, -0.05) is 30.3 Å². The maximum absolute atomic E-state index is 12.2. The maximum Gasteiger partial charge on any atom is 0.303 e. The summed E-state index contributed by atoms with van der Waals surface area (Å²) in [6, 6.07) is 9.59. The van der Waals surface area contributed by atoms with Gasteiger partial charge in [0.25, 0.3) is 0 Å². The van der Waals surface area contributed by atoms with Gasteiger partial charge in [-0.3, -0.25) is 0 Å². The van der Waals surface area contributed by atoms with Crippen molar-refractivity contribution >= 4 is 10.2 Å². The van der Waals surface area contributed by atoms with E-state index in [4.69, 9.17) is 0 Å². The van der Waals surface area contributed by atoms with Crippen molar-refractivity contribution in [2.45, 2.75) is 13.0 Å². The molecule has 0 amide bonds. The zero-order chi connectivity index (χ0) is 11.3. The molecule has 1 aromatic carbocycles. The molecule has 3 nitrogen and oxygen atoms in total. The molecule has 15 heavy (non-hydrogen) atoms. The first kappa shape index (κ1) is 12.1. The van der Waals surface area contributed by atoms with Crippen molar-refractivity contribution in [3.05, 3.63) is 35.9 Å². The predicted octanol–water partition coefficient (Wildman–Crippen LogP) is 1.64. The summed E-state index contributed by atoms with van der Waals surface area (Å²) >= 11 is 0. The van der Waals surface area contributed by atoms with Crippen LogP contribution in [0.3, 0.4) is 0 Å². The number of rotatable bonds is 5. The molecule has 0 bridgehead atoms. The largest absolute Gasteiger partial charge is 0.309 e. The molecule has 0 heterocycles. The van der Waals surface area contributed by atoms with Crippen LogP contribution in [0.15, 0.2) is 30.3 Å². The molecule has 5 heteroatoms. The first-order valence-corrected chi connectivity index (χ1v) is 6.25. The summed E-state index contributed by atoms with van der Waals surface area (Å²) in [6.45, 7) is 2.02. The van der Waals surface area contributed by atoms with Gasteiger partial charge in [0.15, 0.2) is 0 Å². The van der Waals surface area contributed by atoms with E-state index >= 15 is 0 Å². The molecule has 0 aliphatic carbocycles. The zero-order valence-electron chi connectivity index (χ0n) is 8.48. The lowest BCUT2D eigenvalue weighted by atomic mass is 10.1. The van der Waals surface area contributed by atoms with Gasteiger partial charge < -0.3 is 5.32 Å². The van der Waals surface area contributed by atoms with Crippen LogP contribution >= 0.6 is 0 Å². The average molecular weight is 231 g/mol. The summed E-state index contributed by atoms with van der Waals surface area (Å²) < 4.78 is 32.7. The van der Waals surface area contributed by atoms with Crippen molar-refractivity contribution in [1.82, 2.24) is 5.32 Å². The van der Waals surface area contributed by atoms with Crippen LogP contribution in [-0.4, -0.2) is 20.7 Å². The van der Waals surface area contributed by atoms with Gasteiger partial charge in [0, 0.05) is 12.6 Å². The summed E-state index contributed by atoms with van der Waals surface area (Å²) in [7, 11) is -4.36. The molecule has 0 aromatic heterocycles. The van der Waals surface area contributed by atoms with Crippen LogP contribution < -0.4 is 5.32 Å². The highest BCUT2D eigenvalue weighted by Crippen LogP contribution is 2.10. The Balaban J connectivity index is 2.41. The summed E-state index contributed by atoms with van der Waals surface area (Å²) in [4.78, 5) is 0. The van der Waals surface area contributed by atoms with E-state index in [1.807, 2.05) is 37.3 Å². The van der Waals surface area contributed by atoms with Crippen LogP contribution in [0, 0.1) is 0 Å². The predicted molar refractivity (Wildman–Crippen MR) is 57.8 cm³/mol. The summed E-state index contributed by atoms with van der Waals surface area (Å²) in [5, 5.41) is 2.94. The van der Waals surface area contributed by atoms with E-state index in [1.165, 1.54) is 0 Å². The fourth-order valence-corrected chi connectivity index (χ4v) is 1.62. The lowest BCUT2D eigenvalue weighted by Gasteiger charge is -2.12.